The lowest BCUT2D eigenvalue weighted by Crippen LogP contribution is -2.35. The van der Waals surface area contributed by atoms with Gasteiger partial charge in [-0.05, 0) is 40.6 Å². The lowest BCUT2D eigenvalue weighted by Gasteiger charge is -2.13. The molecule has 0 atom stereocenters. The van der Waals surface area contributed by atoms with Crippen molar-refractivity contribution in [2.45, 2.75) is 0 Å². The van der Waals surface area contributed by atoms with Gasteiger partial charge < -0.3 is 4.57 Å². The van der Waals surface area contributed by atoms with E-state index in [2.05, 4.69) is 117 Å². The number of amidine groups is 1. The summed E-state index contributed by atoms with van der Waals surface area (Å²) in [6, 6.07) is 34.2. The number of aromatic nitrogens is 1. The average molecular weight is 389 g/mol. The van der Waals surface area contributed by atoms with Crippen molar-refractivity contribution in [2.75, 3.05) is 0 Å². The first-order chi connectivity index (χ1) is 14.9. The number of rotatable bonds is 3. The number of benzene rings is 4. The molecule has 0 saturated heterocycles. The highest BCUT2D eigenvalue weighted by Gasteiger charge is 2.16. The van der Waals surface area contributed by atoms with E-state index in [1.165, 1.54) is 27.2 Å². The minimum absolute atomic E-state index is 0.764. The predicted molar refractivity (Wildman–Crippen MR) is 122 cm³/mol. The first kappa shape index (κ1) is 16.8. The van der Waals surface area contributed by atoms with Crippen molar-refractivity contribution < 1.29 is 0 Å². The fourth-order valence-electron chi connectivity index (χ4n) is 4.19. The van der Waals surface area contributed by atoms with E-state index >= 15 is 0 Å². The molecule has 0 amide bonds. The van der Waals surface area contributed by atoms with Gasteiger partial charge in [0.25, 0.3) is 0 Å². The molecule has 2 heterocycles. The van der Waals surface area contributed by atoms with Crippen LogP contribution in [0.1, 0.15) is 5.56 Å². The van der Waals surface area contributed by atoms with Crippen molar-refractivity contribution >= 4 is 27.5 Å². The van der Waals surface area contributed by atoms with Crippen LogP contribution in [-0.4, -0.2) is 10.4 Å². The van der Waals surface area contributed by atoms with Crippen LogP contribution in [0.3, 0.4) is 0 Å². The fourth-order valence-corrected chi connectivity index (χ4v) is 4.19. The molecule has 0 radical (unpaired) electrons. The van der Waals surface area contributed by atoms with Crippen LogP contribution in [0.15, 0.2) is 102 Å². The van der Waals surface area contributed by atoms with Crippen molar-refractivity contribution in [1.29, 1.82) is 0 Å². The van der Waals surface area contributed by atoms with Gasteiger partial charge in [-0.3, -0.25) is 5.43 Å². The third-order valence-corrected chi connectivity index (χ3v) is 5.56. The molecular formula is C25H19N5. The first-order valence-corrected chi connectivity index (χ1v) is 9.92. The van der Waals surface area contributed by atoms with Gasteiger partial charge >= 0.3 is 0 Å². The highest BCUT2D eigenvalue weighted by atomic mass is 15.8. The minimum Gasteiger partial charge on any atom is -0.309 e. The van der Waals surface area contributed by atoms with Crippen LogP contribution in [0.25, 0.3) is 38.6 Å². The van der Waals surface area contributed by atoms with Gasteiger partial charge in [-0.2, -0.15) is 0 Å². The molecule has 1 aromatic heterocycles. The van der Waals surface area contributed by atoms with Crippen LogP contribution < -0.4 is 16.5 Å². The van der Waals surface area contributed by atoms with E-state index in [4.69, 9.17) is 0 Å². The summed E-state index contributed by atoms with van der Waals surface area (Å²) >= 11 is 0. The molecule has 0 spiro atoms. The third kappa shape index (κ3) is 2.64. The van der Waals surface area contributed by atoms with E-state index in [1.807, 2.05) is 6.07 Å². The molecule has 144 valence electrons. The van der Waals surface area contributed by atoms with Gasteiger partial charge in [-0.1, -0.05) is 72.8 Å². The SMILES string of the molecule is c1ccc(-c2cc3c4ccccc4ccc3n2-c2cccc(C3=NNNN3)c2)cc1. The molecule has 5 heteroatoms. The van der Waals surface area contributed by atoms with Gasteiger partial charge in [0.2, 0.25) is 0 Å². The maximum atomic E-state index is 4.25. The van der Waals surface area contributed by atoms with Crippen molar-refractivity contribution in [2.24, 2.45) is 5.10 Å². The van der Waals surface area contributed by atoms with Gasteiger partial charge in [-0.25, -0.2) is 5.53 Å². The van der Waals surface area contributed by atoms with Crippen LogP contribution in [0.5, 0.6) is 0 Å². The fraction of sp³-hybridized carbons (Fsp3) is 0. The van der Waals surface area contributed by atoms with Crippen molar-refractivity contribution in [3.05, 3.63) is 103 Å². The van der Waals surface area contributed by atoms with E-state index < -0.39 is 0 Å². The van der Waals surface area contributed by atoms with Crippen LogP contribution in [-0.2, 0) is 0 Å². The molecule has 0 bridgehead atoms. The Morgan fingerprint density at radius 1 is 0.667 bits per heavy atom. The summed E-state index contributed by atoms with van der Waals surface area (Å²) in [6.45, 7) is 0. The van der Waals surface area contributed by atoms with E-state index in [-0.39, 0.29) is 0 Å². The normalized spacial score (nSPS) is 13.3. The number of hydrazine groups is 2. The summed E-state index contributed by atoms with van der Waals surface area (Å²) in [6.07, 6.45) is 0. The molecule has 5 nitrogen and oxygen atoms in total. The van der Waals surface area contributed by atoms with Gasteiger partial charge in [-0.15, -0.1) is 10.6 Å². The molecule has 3 N–H and O–H groups in total. The van der Waals surface area contributed by atoms with Gasteiger partial charge in [0.05, 0.1) is 11.2 Å². The largest absolute Gasteiger partial charge is 0.309 e. The lowest BCUT2D eigenvalue weighted by atomic mass is 10.1. The van der Waals surface area contributed by atoms with Crippen LogP contribution in [0.2, 0.25) is 0 Å². The predicted octanol–water partition coefficient (Wildman–Crippen LogP) is 4.72. The highest BCUT2D eigenvalue weighted by Crippen LogP contribution is 2.35. The van der Waals surface area contributed by atoms with Crippen molar-refractivity contribution in [3.63, 3.8) is 0 Å². The molecular weight excluding hydrogens is 370 g/mol. The van der Waals surface area contributed by atoms with Gasteiger partial charge in [0.15, 0.2) is 5.84 Å². The quantitative estimate of drug-likeness (QED) is 0.418. The summed E-state index contributed by atoms with van der Waals surface area (Å²) in [4.78, 5) is 0. The maximum absolute atomic E-state index is 4.25. The van der Waals surface area contributed by atoms with E-state index in [0.29, 0.717) is 0 Å². The average Bonchev–Trinajstić information content (AvgIpc) is 3.48. The molecule has 1 aliphatic rings. The number of hydrogen-bond donors (Lipinski definition) is 3. The Hall–Kier alpha value is -4.09. The molecule has 1 aliphatic heterocycles. The van der Waals surface area contributed by atoms with Gasteiger partial charge in [0.1, 0.15) is 0 Å². The second-order valence-corrected chi connectivity index (χ2v) is 7.32. The third-order valence-electron chi connectivity index (χ3n) is 5.56. The zero-order chi connectivity index (χ0) is 19.9. The number of nitrogens with one attached hydrogen (secondary N) is 3. The van der Waals surface area contributed by atoms with Gasteiger partial charge in [0, 0.05) is 16.6 Å². The maximum Gasteiger partial charge on any atom is 0.170 e. The Kier molecular flexibility index (Phi) is 3.79. The molecule has 6 rings (SSSR count). The second kappa shape index (κ2) is 6.76. The van der Waals surface area contributed by atoms with Crippen LogP contribution in [0.4, 0.5) is 0 Å². The first-order valence-electron chi connectivity index (χ1n) is 9.92. The zero-order valence-electron chi connectivity index (χ0n) is 16.1. The van der Waals surface area contributed by atoms with E-state index in [0.717, 1.165) is 22.8 Å². The molecule has 0 unspecified atom stereocenters. The Morgan fingerprint density at radius 2 is 1.50 bits per heavy atom. The monoisotopic (exact) mass is 389 g/mol. The summed E-state index contributed by atoms with van der Waals surface area (Å²) in [5, 5.41) is 8.00. The summed E-state index contributed by atoms with van der Waals surface area (Å²) in [5.74, 6) is 0.764. The van der Waals surface area contributed by atoms with Crippen LogP contribution in [0, 0.1) is 0 Å². The molecule has 0 aliphatic carbocycles. The molecule has 0 saturated carbocycles. The Morgan fingerprint density at radius 3 is 2.37 bits per heavy atom. The number of hydrazone groups is 1. The molecule has 30 heavy (non-hydrogen) atoms. The Labute approximate surface area is 173 Å². The number of nitrogens with zero attached hydrogens (tertiary/aromatic N) is 2. The number of hydrogen-bond acceptors (Lipinski definition) is 4. The molecule has 4 aromatic carbocycles. The molecule has 0 fully saturated rings. The van der Waals surface area contributed by atoms with Crippen molar-refractivity contribution in [1.82, 2.24) is 21.1 Å². The minimum atomic E-state index is 0.764. The smallest absolute Gasteiger partial charge is 0.170 e. The lowest BCUT2D eigenvalue weighted by molar-refractivity contribution is 0.577. The highest BCUT2D eigenvalue weighted by molar-refractivity contribution is 6.09. The topological polar surface area (TPSA) is 53.4 Å². The zero-order valence-corrected chi connectivity index (χ0v) is 16.1. The summed E-state index contributed by atoms with van der Waals surface area (Å²) in [7, 11) is 0. The molecule has 5 aromatic rings. The summed E-state index contributed by atoms with van der Waals surface area (Å²) in [5.41, 5.74) is 14.2. The van der Waals surface area contributed by atoms with Crippen LogP contribution >= 0.6 is 0 Å². The Balaban J connectivity index is 1.66. The Bertz CT molecular complexity index is 1420. The van der Waals surface area contributed by atoms with E-state index in [9.17, 15) is 0 Å². The van der Waals surface area contributed by atoms with Crippen molar-refractivity contribution in [3.8, 4) is 16.9 Å². The van der Waals surface area contributed by atoms with E-state index in [1.54, 1.807) is 0 Å². The summed E-state index contributed by atoms with van der Waals surface area (Å²) < 4.78 is 2.33. The second-order valence-electron chi connectivity index (χ2n) is 7.32. The number of fused-ring (bicyclic) bond motifs is 3. The standard InChI is InChI=1S/C25H19N5/c1-2-8-18(9-3-1)24-16-22-21-12-5-4-7-17(21)13-14-23(22)30(24)20-11-6-10-19(15-20)25-26-28-29-27-25/h1-16,28-29H,(H,26,27).